The summed E-state index contributed by atoms with van der Waals surface area (Å²) in [6, 6.07) is 6.95. The van der Waals surface area contributed by atoms with E-state index in [-0.39, 0.29) is 5.91 Å². The number of hydrogen-bond donors (Lipinski definition) is 1. The summed E-state index contributed by atoms with van der Waals surface area (Å²) < 4.78 is 5.00. The first-order valence-electron chi connectivity index (χ1n) is 4.56. The standard InChI is InChI=1S/C11H11NO3/c1-15-9-4-2-8(3-5-9)12-10(13)6-7-11(12)14/h2-7,10,13H,1H3. The highest BCUT2D eigenvalue weighted by molar-refractivity contribution is 6.04. The molecule has 1 unspecified atom stereocenters. The summed E-state index contributed by atoms with van der Waals surface area (Å²) in [5.41, 5.74) is 0.651. The van der Waals surface area contributed by atoms with E-state index >= 15 is 0 Å². The number of methoxy groups -OCH3 is 1. The number of hydrogen-bond acceptors (Lipinski definition) is 3. The SMILES string of the molecule is COc1ccc(N2C(=O)C=CC2O)cc1. The van der Waals surface area contributed by atoms with Crippen molar-refractivity contribution in [3.05, 3.63) is 36.4 Å². The van der Waals surface area contributed by atoms with Gasteiger partial charge in [0.1, 0.15) is 5.75 Å². The van der Waals surface area contributed by atoms with E-state index in [0.717, 1.165) is 0 Å². The third-order valence-corrected chi connectivity index (χ3v) is 2.26. The van der Waals surface area contributed by atoms with E-state index in [2.05, 4.69) is 0 Å². The van der Waals surface area contributed by atoms with Crippen molar-refractivity contribution in [2.75, 3.05) is 12.0 Å². The lowest BCUT2D eigenvalue weighted by Crippen LogP contribution is -2.33. The molecule has 1 heterocycles. The van der Waals surface area contributed by atoms with Crippen LogP contribution >= 0.6 is 0 Å². The Balaban J connectivity index is 2.26. The molecule has 1 aliphatic heterocycles. The predicted octanol–water partition coefficient (Wildman–Crippen LogP) is 0.916. The average Bonchev–Trinajstić information content (AvgIpc) is 2.59. The van der Waals surface area contributed by atoms with Crippen LogP contribution in [-0.2, 0) is 4.79 Å². The molecule has 4 nitrogen and oxygen atoms in total. The molecule has 15 heavy (non-hydrogen) atoms. The highest BCUT2D eigenvalue weighted by Gasteiger charge is 2.24. The largest absolute Gasteiger partial charge is 0.497 e. The van der Waals surface area contributed by atoms with Crippen LogP contribution in [0.1, 0.15) is 0 Å². The zero-order valence-electron chi connectivity index (χ0n) is 8.25. The molecule has 1 aromatic rings. The molecular weight excluding hydrogens is 194 g/mol. The van der Waals surface area contributed by atoms with Crippen LogP contribution in [0.15, 0.2) is 36.4 Å². The maximum atomic E-state index is 11.4. The van der Waals surface area contributed by atoms with Crippen LogP contribution in [0.4, 0.5) is 5.69 Å². The smallest absolute Gasteiger partial charge is 0.253 e. The van der Waals surface area contributed by atoms with Crippen molar-refractivity contribution in [2.45, 2.75) is 6.23 Å². The molecular formula is C11H11NO3. The highest BCUT2D eigenvalue weighted by atomic mass is 16.5. The van der Waals surface area contributed by atoms with E-state index in [9.17, 15) is 9.90 Å². The second kappa shape index (κ2) is 3.74. The van der Waals surface area contributed by atoms with Gasteiger partial charge in [-0.3, -0.25) is 9.69 Å². The molecule has 1 amide bonds. The Bertz CT molecular complexity index is 397. The van der Waals surface area contributed by atoms with Gasteiger partial charge in [0.15, 0.2) is 6.23 Å². The molecule has 1 N–H and O–H groups in total. The first-order valence-corrected chi connectivity index (χ1v) is 4.56. The maximum Gasteiger partial charge on any atom is 0.253 e. The second-order valence-electron chi connectivity index (χ2n) is 3.18. The summed E-state index contributed by atoms with van der Waals surface area (Å²) >= 11 is 0. The number of ether oxygens (including phenoxy) is 1. The Kier molecular flexibility index (Phi) is 2.43. The molecule has 0 spiro atoms. The average molecular weight is 205 g/mol. The molecule has 0 aromatic heterocycles. The van der Waals surface area contributed by atoms with E-state index in [4.69, 9.17) is 4.74 Å². The van der Waals surface area contributed by atoms with Crippen LogP contribution in [0.2, 0.25) is 0 Å². The molecule has 78 valence electrons. The minimum atomic E-state index is -0.870. The fourth-order valence-corrected chi connectivity index (χ4v) is 1.49. The van der Waals surface area contributed by atoms with Gasteiger partial charge in [0.2, 0.25) is 0 Å². The number of nitrogens with zero attached hydrogens (tertiary/aromatic N) is 1. The molecule has 2 rings (SSSR count). The number of carbonyl (C=O) groups is 1. The van der Waals surface area contributed by atoms with Gasteiger partial charge in [-0.05, 0) is 30.3 Å². The van der Waals surface area contributed by atoms with Gasteiger partial charge in [-0.15, -0.1) is 0 Å². The van der Waals surface area contributed by atoms with Gasteiger partial charge in [-0.25, -0.2) is 0 Å². The lowest BCUT2D eigenvalue weighted by atomic mass is 10.2. The molecule has 0 aliphatic carbocycles. The van der Waals surface area contributed by atoms with Gasteiger partial charge in [0.25, 0.3) is 5.91 Å². The molecule has 4 heteroatoms. The van der Waals surface area contributed by atoms with Gasteiger partial charge in [0, 0.05) is 11.8 Å². The molecule has 1 aromatic carbocycles. The fourth-order valence-electron chi connectivity index (χ4n) is 1.49. The van der Waals surface area contributed by atoms with Gasteiger partial charge in [-0.2, -0.15) is 0 Å². The van der Waals surface area contributed by atoms with Crippen LogP contribution in [0.5, 0.6) is 5.75 Å². The number of benzene rings is 1. The zero-order chi connectivity index (χ0) is 10.8. The summed E-state index contributed by atoms with van der Waals surface area (Å²) in [5.74, 6) is 0.500. The van der Waals surface area contributed by atoms with Crippen LogP contribution in [0.25, 0.3) is 0 Å². The summed E-state index contributed by atoms with van der Waals surface area (Å²) in [6.45, 7) is 0. The number of amides is 1. The van der Waals surface area contributed by atoms with Crippen molar-refractivity contribution in [1.29, 1.82) is 0 Å². The Morgan fingerprint density at radius 2 is 2.00 bits per heavy atom. The van der Waals surface area contributed by atoms with Gasteiger partial charge >= 0.3 is 0 Å². The molecule has 0 saturated carbocycles. The third kappa shape index (κ3) is 1.71. The topological polar surface area (TPSA) is 49.8 Å². The number of aliphatic hydroxyl groups excluding tert-OH is 1. The summed E-state index contributed by atoms with van der Waals surface area (Å²) in [6.07, 6.45) is 1.94. The quantitative estimate of drug-likeness (QED) is 0.781. The molecule has 0 fully saturated rings. The lowest BCUT2D eigenvalue weighted by molar-refractivity contribution is -0.114. The van der Waals surface area contributed by atoms with Gasteiger partial charge in [0.05, 0.1) is 7.11 Å². The molecule has 0 saturated heterocycles. The van der Waals surface area contributed by atoms with Crippen molar-refractivity contribution in [1.82, 2.24) is 0 Å². The minimum absolute atomic E-state index is 0.215. The molecule has 1 atom stereocenters. The number of anilines is 1. The van der Waals surface area contributed by atoms with Crippen molar-refractivity contribution in [2.24, 2.45) is 0 Å². The third-order valence-electron chi connectivity index (χ3n) is 2.26. The first kappa shape index (κ1) is 9.73. The Morgan fingerprint density at radius 1 is 1.33 bits per heavy atom. The van der Waals surface area contributed by atoms with Crippen molar-refractivity contribution >= 4 is 11.6 Å². The van der Waals surface area contributed by atoms with E-state index in [0.29, 0.717) is 11.4 Å². The van der Waals surface area contributed by atoms with Crippen LogP contribution in [-0.4, -0.2) is 24.4 Å². The Hall–Kier alpha value is -1.81. The fraction of sp³-hybridized carbons (Fsp3) is 0.182. The van der Waals surface area contributed by atoms with Crippen LogP contribution in [0.3, 0.4) is 0 Å². The summed E-state index contributed by atoms with van der Waals surface area (Å²) in [7, 11) is 1.58. The minimum Gasteiger partial charge on any atom is -0.497 e. The number of aliphatic hydroxyl groups is 1. The summed E-state index contributed by atoms with van der Waals surface area (Å²) in [5, 5.41) is 9.53. The van der Waals surface area contributed by atoms with E-state index in [1.807, 2.05) is 0 Å². The lowest BCUT2D eigenvalue weighted by Gasteiger charge is -2.20. The maximum absolute atomic E-state index is 11.4. The van der Waals surface area contributed by atoms with Crippen molar-refractivity contribution in [3.63, 3.8) is 0 Å². The molecule has 1 aliphatic rings. The zero-order valence-corrected chi connectivity index (χ0v) is 8.25. The van der Waals surface area contributed by atoms with Crippen molar-refractivity contribution < 1.29 is 14.6 Å². The Labute approximate surface area is 87.4 Å². The van der Waals surface area contributed by atoms with Crippen LogP contribution < -0.4 is 9.64 Å². The number of carbonyl (C=O) groups excluding carboxylic acids is 1. The molecule has 0 bridgehead atoms. The van der Waals surface area contributed by atoms with E-state index in [1.165, 1.54) is 17.1 Å². The van der Waals surface area contributed by atoms with Crippen molar-refractivity contribution in [3.8, 4) is 5.75 Å². The van der Waals surface area contributed by atoms with Gasteiger partial charge < -0.3 is 9.84 Å². The summed E-state index contributed by atoms with van der Waals surface area (Å²) in [4.78, 5) is 12.7. The van der Waals surface area contributed by atoms with Crippen LogP contribution in [0, 0.1) is 0 Å². The monoisotopic (exact) mass is 205 g/mol. The highest BCUT2D eigenvalue weighted by Crippen LogP contribution is 2.23. The molecule has 0 radical (unpaired) electrons. The second-order valence-corrected chi connectivity index (χ2v) is 3.18. The van der Waals surface area contributed by atoms with E-state index in [1.54, 1.807) is 31.4 Å². The predicted molar refractivity (Wildman–Crippen MR) is 55.6 cm³/mol. The normalized spacial score (nSPS) is 19.7. The Morgan fingerprint density at radius 3 is 2.47 bits per heavy atom. The van der Waals surface area contributed by atoms with Gasteiger partial charge in [-0.1, -0.05) is 0 Å². The van der Waals surface area contributed by atoms with E-state index < -0.39 is 6.23 Å². The first-order chi connectivity index (χ1) is 7.22. The number of rotatable bonds is 2.